The van der Waals surface area contributed by atoms with Crippen LogP contribution < -0.4 is 20.1 Å². The van der Waals surface area contributed by atoms with Gasteiger partial charge in [-0.1, -0.05) is 12.1 Å². The maximum Gasteiger partial charge on any atom is 0.251 e. The van der Waals surface area contributed by atoms with Crippen molar-refractivity contribution in [1.82, 2.24) is 15.1 Å². The molecule has 32 heavy (non-hydrogen) atoms. The van der Waals surface area contributed by atoms with E-state index < -0.39 is 0 Å². The Kier molecular flexibility index (Phi) is 7.24. The fourth-order valence-electron chi connectivity index (χ4n) is 3.87. The first-order valence-corrected chi connectivity index (χ1v) is 11.0. The molecule has 2 aliphatic rings. The van der Waals surface area contributed by atoms with Crippen LogP contribution in [0.1, 0.15) is 22.3 Å². The number of hydrogen-bond acceptors (Lipinski definition) is 6. The molecule has 2 heterocycles. The summed E-state index contributed by atoms with van der Waals surface area (Å²) in [6, 6.07) is 12.5. The van der Waals surface area contributed by atoms with E-state index in [1.54, 1.807) is 30.3 Å². The van der Waals surface area contributed by atoms with Crippen molar-refractivity contribution < 1.29 is 19.1 Å². The van der Waals surface area contributed by atoms with Crippen molar-refractivity contribution in [3.8, 4) is 11.5 Å². The lowest BCUT2D eigenvalue weighted by molar-refractivity contribution is -0.115. The molecule has 2 N–H and O–H groups in total. The molecule has 0 atom stereocenters. The first-order chi connectivity index (χ1) is 15.6. The van der Waals surface area contributed by atoms with Crippen LogP contribution >= 0.6 is 0 Å². The molecule has 2 aliphatic heterocycles. The third-order valence-corrected chi connectivity index (χ3v) is 5.74. The maximum atomic E-state index is 12.5. The van der Waals surface area contributed by atoms with Crippen molar-refractivity contribution in [2.75, 3.05) is 58.4 Å². The number of fused-ring (bicyclic) bond motifs is 1. The zero-order valence-corrected chi connectivity index (χ0v) is 18.4. The highest BCUT2D eigenvalue weighted by Gasteiger charge is 2.15. The normalized spacial score (nSPS) is 16.0. The van der Waals surface area contributed by atoms with Gasteiger partial charge in [-0.05, 0) is 49.8 Å². The van der Waals surface area contributed by atoms with Gasteiger partial charge in [-0.3, -0.25) is 9.59 Å². The molecule has 2 aromatic rings. The molecule has 8 nitrogen and oxygen atoms in total. The number of carbonyl (C=O) groups is 2. The third kappa shape index (κ3) is 5.99. The van der Waals surface area contributed by atoms with Gasteiger partial charge in [-0.25, -0.2) is 0 Å². The van der Waals surface area contributed by atoms with Crippen LogP contribution in [0.15, 0.2) is 42.5 Å². The summed E-state index contributed by atoms with van der Waals surface area (Å²) in [4.78, 5) is 29.7. The molecule has 170 valence electrons. The molecule has 2 amide bonds. The van der Waals surface area contributed by atoms with E-state index in [0.29, 0.717) is 29.3 Å². The van der Waals surface area contributed by atoms with E-state index in [2.05, 4.69) is 27.5 Å². The summed E-state index contributed by atoms with van der Waals surface area (Å²) in [6.45, 7) is 6.19. The van der Waals surface area contributed by atoms with Crippen LogP contribution in [-0.2, 0) is 11.2 Å². The van der Waals surface area contributed by atoms with Crippen LogP contribution in [0, 0.1) is 0 Å². The summed E-state index contributed by atoms with van der Waals surface area (Å²) in [5, 5.41) is 5.85. The zero-order chi connectivity index (χ0) is 22.3. The number of piperazine rings is 1. The quantitative estimate of drug-likeness (QED) is 0.613. The Morgan fingerprint density at radius 3 is 2.66 bits per heavy atom. The van der Waals surface area contributed by atoms with Crippen molar-refractivity contribution in [3.63, 3.8) is 0 Å². The monoisotopic (exact) mass is 438 g/mol. The van der Waals surface area contributed by atoms with Gasteiger partial charge in [0.2, 0.25) is 12.7 Å². The minimum Gasteiger partial charge on any atom is -0.454 e. The number of likely N-dealkylation sites (N-methyl/N-ethyl adjacent to an activating group) is 1. The Balaban J connectivity index is 1.22. The highest BCUT2D eigenvalue weighted by molar-refractivity contribution is 5.95. The van der Waals surface area contributed by atoms with Gasteiger partial charge in [-0.15, -0.1) is 0 Å². The van der Waals surface area contributed by atoms with E-state index >= 15 is 0 Å². The average molecular weight is 439 g/mol. The number of hydrogen-bond donors (Lipinski definition) is 2. The van der Waals surface area contributed by atoms with Gasteiger partial charge in [0.1, 0.15) is 0 Å². The number of nitrogens with zero attached hydrogens (tertiary/aromatic N) is 2. The molecule has 1 fully saturated rings. The second-order valence-corrected chi connectivity index (χ2v) is 8.25. The van der Waals surface area contributed by atoms with Crippen LogP contribution in [-0.4, -0.2) is 74.7 Å². The van der Waals surface area contributed by atoms with E-state index in [1.165, 1.54) is 0 Å². The number of anilines is 1. The third-order valence-electron chi connectivity index (χ3n) is 5.74. The number of ether oxygens (including phenoxy) is 2. The second kappa shape index (κ2) is 10.5. The lowest BCUT2D eigenvalue weighted by atomic mass is 10.1. The summed E-state index contributed by atoms with van der Waals surface area (Å²) in [6.07, 6.45) is 1.10. The Morgan fingerprint density at radius 2 is 1.81 bits per heavy atom. The van der Waals surface area contributed by atoms with Gasteiger partial charge in [0, 0.05) is 50.0 Å². The lowest BCUT2D eigenvalue weighted by Gasteiger charge is -2.32. The molecule has 0 saturated carbocycles. The topological polar surface area (TPSA) is 83.1 Å². The fourth-order valence-corrected chi connectivity index (χ4v) is 3.87. The van der Waals surface area contributed by atoms with Crippen molar-refractivity contribution in [2.45, 2.75) is 12.8 Å². The van der Waals surface area contributed by atoms with Crippen LogP contribution in [0.25, 0.3) is 0 Å². The Bertz CT molecular complexity index is 957. The first-order valence-electron chi connectivity index (χ1n) is 11.0. The first kappa shape index (κ1) is 22.1. The smallest absolute Gasteiger partial charge is 0.251 e. The SMILES string of the molecule is CN1CCN(CCCNC(=O)c2cccc(CC(=O)Nc3ccc4c(c3)OCO4)c2)CC1. The standard InChI is InChI=1S/C24H30N4O4/c1-27-10-12-28(13-11-27)9-3-8-25-24(30)19-5-2-4-18(14-19)15-23(29)26-20-6-7-21-22(16-20)32-17-31-21/h2,4-7,14,16H,3,8-13,15,17H2,1H3,(H,25,30)(H,26,29). The van der Waals surface area contributed by atoms with Gasteiger partial charge in [0.25, 0.3) is 5.91 Å². The average Bonchev–Trinajstić information content (AvgIpc) is 3.26. The van der Waals surface area contributed by atoms with Gasteiger partial charge in [0.05, 0.1) is 6.42 Å². The fraction of sp³-hybridized carbons (Fsp3) is 0.417. The zero-order valence-electron chi connectivity index (χ0n) is 18.4. The van der Waals surface area contributed by atoms with E-state index in [0.717, 1.165) is 44.7 Å². The highest BCUT2D eigenvalue weighted by atomic mass is 16.7. The minimum absolute atomic E-state index is 0.110. The molecule has 1 saturated heterocycles. The van der Waals surface area contributed by atoms with Crippen molar-refractivity contribution >= 4 is 17.5 Å². The lowest BCUT2D eigenvalue weighted by Crippen LogP contribution is -2.45. The van der Waals surface area contributed by atoms with E-state index in [4.69, 9.17) is 9.47 Å². The summed E-state index contributed by atoms with van der Waals surface area (Å²) < 4.78 is 10.6. The Morgan fingerprint density at radius 1 is 1.00 bits per heavy atom. The van der Waals surface area contributed by atoms with Crippen LogP contribution in [0.2, 0.25) is 0 Å². The van der Waals surface area contributed by atoms with Gasteiger partial charge >= 0.3 is 0 Å². The van der Waals surface area contributed by atoms with Crippen LogP contribution in [0.3, 0.4) is 0 Å². The summed E-state index contributed by atoms with van der Waals surface area (Å²) in [7, 11) is 2.15. The summed E-state index contributed by atoms with van der Waals surface area (Å²) >= 11 is 0. The summed E-state index contributed by atoms with van der Waals surface area (Å²) in [5.41, 5.74) is 2.00. The number of carbonyl (C=O) groups excluding carboxylic acids is 2. The Labute approximate surface area is 188 Å². The maximum absolute atomic E-state index is 12.5. The second-order valence-electron chi connectivity index (χ2n) is 8.25. The molecule has 8 heteroatoms. The van der Waals surface area contributed by atoms with Crippen molar-refractivity contribution in [2.24, 2.45) is 0 Å². The molecular weight excluding hydrogens is 408 g/mol. The molecule has 0 radical (unpaired) electrons. The summed E-state index contributed by atoms with van der Waals surface area (Å²) in [5.74, 6) is 1.02. The number of nitrogens with one attached hydrogen (secondary N) is 2. The molecular formula is C24H30N4O4. The predicted molar refractivity (Wildman–Crippen MR) is 122 cm³/mol. The largest absolute Gasteiger partial charge is 0.454 e. The van der Waals surface area contributed by atoms with Crippen molar-refractivity contribution in [1.29, 1.82) is 0 Å². The number of benzene rings is 2. The molecule has 0 bridgehead atoms. The van der Waals surface area contributed by atoms with Crippen molar-refractivity contribution in [3.05, 3.63) is 53.6 Å². The van der Waals surface area contributed by atoms with E-state index in [9.17, 15) is 9.59 Å². The molecule has 0 aliphatic carbocycles. The molecule has 0 aromatic heterocycles. The Hall–Kier alpha value is -3.10. The molecule has 0 spiro atoms. The minimum atomic E-state index is -0.159. The van der Waals surface area contributed by atoms with E-state index in [1.807, 2.05) is 12.1 Å². The predicted octanol–water partition coefficient (Wildman–Crippen LogP) is 1.96. The molecule has 0 unspecified atom stereocenters. The number of rotatable bonds is 8. The van der Waals surface area contributed by atoms with Gasteiger partial charge in [0.15, 0.2) is 11.5 Å². The molecule has 4 rings (SSSR count). The van der Waals surface area contributed by atoms with Crippen LogP contribution in [0.5, 0.6) is 11.5 Å². The highest BCUT2D eigenvalue weighted by Crippen LogP contribution is 2.34. The van der Waals surface area contributed by atoms with Gasteiger partial charge in [-0.2, -0.15) is 0 Å². The van der Waals surface area contributed by atoms with Gasteiger partial charge < -0.3 is 29.9 Å². The number of amides is 2. The van der Waals surface area contributed by atoms with Crippen LogP contribution in [0.4, 0.5) is 5.69 Å². The molecule has 2 aromatic carbocycles. The van der Waals surface area contributed by atoms with E-state index in [-0.39, 0.29) is 25.0 Å².